The minimum atomic E-state index is -0.386. The minimum Gasteiger partial charge on any atom is -0.385 e. The Morgan fingerprint density at radius 3 is 2.50 bits per heavy atom. The molecular formula is C14H19FN2O. The molecule has 1 N–H and O–H groups in total. The van der Waals surface area contributed by atoms with Gasteiger partial charge < -0.3 is 10.2 Å². The molecular weight excluding hydrogens is 231 g/mol. The van der Waals surface area contributed by atoms with Crippen molar-refractivity contribution < 1.29 is 9.18 Å². The van der Waals surface area contributed by atoms with Crippen molar-refractivity contribution in [1.82, 2.24) is 4.90 Å². The van der Waals surface area contributed by atoms with Crippen LogP contribution in [0.1, 0.15) is 24.2 Å². The monoisotopic (exact) mass is 250 g/mol. The molecule has 1 aromatic carbocycles. The van der Waals surface area contributed by atoms with Gasteiger partial charge in [0.05, 0.1) is 11.3 Å². The predicted octanol–water partition coefficient (Wildman–Crippen LogP) is 2.60. The van der Waals surface area contributed by atoms with Gasteiger partial charge in [0.15, 0.2) is 0 Å². The van der Waals surface area contributed by atoms with Crippen molar-refractivity contribution >= 4 is 11.6 Å². The summed E-state index contributed by atoms with van der Waals surface area (Å²) in [4.78, 5) is 14.2. The Hall–Kier alpha value is -1.58. The molecule has 0 aliphatic carbocycles. The zero-order valence-electron chi connectivity index (χ0n) is 11.0. The van der Waals surface area contributed by atoms with Gasteiger partial charge in [-0.1, -0.05) is 19.9 Å². The van der Waals surface area contributed by atoms with Gasteiger partial charge in [0.2, 0.25) is 0 Å². The Morgan fingerprint density at radius 1 is 1.33 bits per heavy atom. The van der Waals surface area contributed by atoms with Crippen LogP contribution in [0.5, 0.6) is 0 Å². The lowest BCUT2D eigenvalue weighted by atomic mass is 10.0. The van der Waals surface area contributed by atoms with Crippen LogP contribution in [0.4, 0.5) is 10.1 Å². The molecule has 1 amide bonds. The number of hydrogen-bond donors (Lipinski definition) is 1. The van der Waals surface area contributed by atoms with Gasteiger partial charge in [0, 0.05) is 20.1 Å². The van der Waals surface area contributed by atoms with E-state index in [-0.39, 0.29) is 17.4 Å². The zero-order valence-corrected chi connectivity index (χ0v) is 11.0. The van der Waals surface area contributed by atoms with Crippen LogP contribution in [0.15, 0.2) is 18.2 Å². The zero-order chi connectivity index (χ0) is 13.3. The Morgan fingerprint density at radius 2 is 1.94 bits per heavy atom. The van der Waals surface area contributed by atoms with Gasteiger partial charge in [-0.15, -0.1) is 0 Å². The first-order valence-electron chi connectivity index (χ1n) is 6.30. The molecule has 1 saturated heterocycles. The summed E-state index contributed by atoms with van der Waals surface area (Å²) in [5, 5.41) is 2.77. The van der Waals surface area contributed by atoms with Crippen molar-refractivity contribution in [3.63, 3.8) is 0 Å². The average molecular weight is 250 g/mol. The van der Waals surface area contributed by atoms with E-state index < -0.39 is 0 Å². The summed E-state index contributed by atoms with van der Waals surface area (Å²) < 4.78 is 13.6. The molecule has 0 spiro atoms. The third-order valence-electron chi connectivity index (χ3n) is 3.77. The highest BCUT2D eigenvalue weighted by atomic mass is 19.1. The maximum Gasteiger partial charge on any atom is 0.256 e. The van der Waals surface area contributed by atoms with E-state index in [1.54, 1.807) is 19.2 Å². The maximum atomic E-state index is 13.6. The molecule has 0 radical (unpaired) electrons. The highest BCUT2D eigenvalue weighted by Gasteiger charge is 2.31. The largest absolute Gasteiger partial charge is 0.385 e. The van der Waals surface area contributed by atoms with Gasteiger partial charge >= 0.3 is 0 Å². The average Bonchev–Trinajstić information content (AvgIpc) is 2.68. The smallest absolute Gasteiger partial charge is 0.256 e. The fourth-order valence-corrected chi connectivity index (χ4v) is 2.42. The van der Waals surface area contributed by atoms with E-state index in [1.807, 2.05) is 4.90 Å². The standard InChI is InChI=1S/C14H19FN2O/c1-9-7-17(8-10(9)2)14(18)11-5-4-6-12(15)13(11)16-3/h4-6,9-10,16H,7-8H2,1-3H3. The number of carbonyl (C=O) groups excluding carboxylic acids is 1. The quantitative estimate of drug-likeness (QED) is 0.875. The van der Waals surface area contributed by atoms with Crippen molar-refractivity contribution in [2.45, 2.75) is 13.8 Å². The summed E-state index contributed by atoms with van der Waals surface area (Å²) in [5.74, 6) is 0.528. The molecule has 2 unspecified atom stereocenters. The van der Waals surface area contributed by atoms with Crippen LogP contribution in [0, 0.1) is 17.7 Å². The number of hydrogen-bond acceptors (Lipinski definition) is 2. The normalized spacial score (nSPS) is 23.2. The molecule has 1 heterocycles. The molecule has 0 saturated carbocycles. The second kappa shape index (κ2) is 4.96. The predicted molar refractivity (Wildman–Crippen MR) is 70.2 cm³/mol. The van der Waals surface area contributed by atoms with Gasteiger partial charge in [-0.3, -0.25) is 4.79 Å². The first-order valence-corrected chi connectivity index (χ1v) is 6.30. The molecule has 18 heavy (non-hydrogen) atoms. The van der Waals surface area contributed by atoms with Gasteiger partial charge in [-0.2, -0.15) is 0 Å². The molecule has 4 heteroatoms. The van der Waals surface area contributed by atoms with E-state index in [4.69, 9.17) is 0 Å². The first kappa shape index (κ1) is 12.9. The van der Waals surface area contributed by atoms with Gasteiger partial charge in [-0.25, -0.2) is 4.39 Å². The number of likely N-dealkylation sites (tertiary alicyclic amines) is 1. The van der Waals surface area contributed by atoms with Crippen LogP contribution in [-0.4, -0.2) is 30.9 Å². The van der Waals surface area contributed by atoms with Crippen molar-refractivity contribution in [1.29, 1.82) is 0 Å². The second-order valence-corrected chi connectivity index (χ2v) is 5.08. The molecule has 1 aliphatic rings. The first-order chi connectivity index (χ1) is 8.54. The molecule has 1 fully saturated rings. The number of nitrogens with one attached hydrogen (secondary N) is 1. The van der Waals surface area contributed by atoms with Crippen molar-refractivity contribution in [2.24, 2.45) is 11.8 Å². The molecule has 1 aliphatic heterocycles. The van der Waals surface area contributed by atoms with Crippen LogP contribution in [-0.2, 0) is 0 Å². The molecule has 1 aromatic rings. The van der Waals surface area contributed by atoms with Gasteiger partial charge in [0.1, 0.15) is 5.82 Å². The Labute approximate surface area is 107 Å². The Bertz CT molecular complexity index is 451. The topological polar surface area (TPSA) is 32.3 Å². The highest BCUT2D eigenvalue weighted by Crippen LogP contribution is 2.27. The summed E-state index contributed by atoms with van der Waals surface area (Å²) >= 11 is 0. The molecule has 2 rings (SSSR count). The lowest BCUT2D eigenvalue weighted by Gasteiger charge is -2.18. The summed E-state index contributed by atoms with van der Waals surface area (Å²) in [7, 11) is 1.63. The Kier molecular flexibility index (Phi) is 3.55. The van der Waals surface area contributed by atoms with Crippen molar-refractivity contribution in [2.75, 3.05) is 25.5 Å². The molecule has 0 aromatic heterocycles. The number of carbonyl (C=O) groups is 1. The summed E-state index contributed by atoms with van der Waals surface area (Å²) in [6.45, 7) is 5.78. The number of amides is 1. The third kappa shape index (κ3) is 2.19. The van der Waals surface area contributed by atoms with Crippen LogP contribution in [0.3, 0.4) is 0 Å². The third-order valence-corrected chi connectivity index (χ3v) is 3.77. The number of nitrogens with zero attached hydrogens (tertiary/aromatic N) is 1. The summed E-state index contributed by atoms with van der Waals surface area (Å²) in [6.07, 6.45) is 0. The van der Waals surface area contributed by atoms with Crippen molar-refractivity contribution in [3.8, 4) is 0 Å². The van der Waals surface area contributed by atoms with Crippen LogP contribution in [0.2, 0.25) is 0 Å². The van der Waals surface area contributed by atoms with Gasteiger partial charge in [0.25, 0.3) is 5.91 Å². The maximum absolute atomic E-state index is 13.6. The Balaban J connectivity index is 2.27. The molecule has 0 bridgehead atoms. The van der Waals surface area contributed by atoms with E-state index in [2.05, 4.69) is 19.2 Å². The lowest BCUT2D eigenvalue weighted by Crippen LogP contribution is -2.29. The number of benzene rings is 1. The van der Waals surface area contributed by atoms with Crippen LogP contribution in [0.25, 0.3) is 0 Å². The summed E-state index contributed by atoms with van der Waals surface area (Å²) in [5.41, 5.74) is 0.702. The minimum absolute atomic E-state index is 0.0879. The fraction of sp³-hybridized carbons (Fsp3) is 0.500. The molecule has 2 atom stereocenters. The van der Waals surface area contributed by atoms with Crippen LogP contribution >= 0.6 is 0 Å². The van der Waals surface area contributed by atoms with Crippen molar-refractivity contribution in [3.05, 3.63) is 29.6 Å². The van der Waals surface area contributed by atoms with Gasteiger partial charge in [-0.05, 0) is 24.0 Å². The SMILES string of the molecule is CNc1c(F)cccc1C(=O)N1CC(C)C(C)C1. The lowest BCUT2D eigenvalue weighted by molar-refractivity contribution is 0.0785. The van der Waals surface area contributed by atoms with Crippen LogP contribution < -0.4 is 5.32 Å². The second-order valence-electron chi connectivity index (χ2n) is 5.08. The molecule has 98 valence electrons. The number of para-hydroxylation sites is 1. The van der Waals surface area contributed by atoms with E-state index in [9.17, 15) is 9.18 Å². The number of anilines is 1. The highest BCUT2D eigenvalue weighted by molar-refractivity contribution is 5.99. The van der Waals surface area contributed by atoms with E-state index >= 15 is 0 Å². The van der Waals surface area contributed by atoms with E-state index in [1.165, 1.54) is 6.07 Å². The number of rotatable bonds is 2. The number of halogens is 1. The molecule has 3 nitrogen and oxygen atoms in total. The fourth-order valence-electron chi connectivity index (χ4n) is 2.42. The van der Waals surface area contributed by atoms with E-state index in [0.717, 1.165) is 13.1 Å². The summed E-state index contributed by atoms with van der Waals surface area (Å²) in [6, 6.07) is 4.61. The van der Waals surface area contributed by atoms with E-state index in [0.29, 0.717) is 17.4 Å².